The van der Waals surface area contributed by atoms with Gasteiger partial charge in [0.1, 0.15) is 6.04 Å². The molecule has 4 unspecified atom stereocenters. The average Bonchev–Trinajstić information content (AvgIpc) is 3.03. The van der Waals surface area contributed by atoms with Gasteiger partial charge in [0.2, 0.25) is 11.8 Å². The van der Waals surface area contributed by atoms with E-state index < -0.39 is 0 Å². The van der Waals surface area contributed by atoms with E-state index in [1.165, 1.54) is 25.7 Å². The van der Waals surface area contributed by atoms with E-state index in [2.05, 4.69) is 10.6 Å². The number of fused-ring (bicyclic) bond motifs is 1. The van der Waals surface area contributed by atoms with Crippen LogP contribution >= 0.6 is 12.4 Å². The Morgan fingerprint density at radius 1 is 1.27 bits per heavy atom. The standard InChI is InChI=1S/C16H27N3O2.ClH/c1-10(2)19-8-7-13(16(19)21)18-15(20)14-9-11-5-3-4-6-12(11)17-14;/h10-14,17H,3-9H2,1-2H3,(H,18,20);1H. The Labute approximate surface area is 139 Å². The zero-order chi connectivity index (χ0) is 15.0. The Hall–Kier alpha value is -0.810. The van der Waals surface area contributed by atoms with Gasteiger partial charge in [-0.05, 0) is 45.4 Å². The second kappa shape index (κ2) is 7.18. The van der Waals surface area contributed by atoms with Gasteiger partial charge in [-0.15, -0.1) is 12.4 Å². The van der Waals surface area contributed by atoms with Gasteiger partial charge in [-0.25, -0.2) is 0 Å². The van der Waals surface area contributed by atoms with E-state index in [4.69, 9.17) is 0 Å². The number of hydrogen-bond donors (Lipinski definition) is 2. The summed E-state index contributed by atoms with van der Waals surface area (Å²) >= 11 is 0. The van der Waals surface area contributed by atoms with Gasteiger partial charge in [-0.3, -0.25) is 9.59 Å². The van der Waals surface area contributed by atoms with E-state index in [9.17, 15) is 9.59 Å². The van der Waals surface area contributed by atoms with Crippen molar-refractivity contribution in [1.82, 2.24) is 15.5 Å². The summed E-state index contributed by atoms with van der Waals surface area (Å²) in [6.07, 6.45) is 6.67. The van der Waals surface area contributed by atoms with E-state index in [0.717, 1.165) is 19.4 Å². The van der Waals surface area contributed by atoms with Crippen molar-refractivity contribution in [3.8, 4) is 0 Å². The molecule has 0 bridgehead atoms. The molecule has 3 fully saturated rings. The summed E-state index contributed by atoms with van der Waals surface area (Å²) in [6, 6.07) is 0.316. The molecule has 126 valence electrons. The van der Waals surface area contributed by atoms with E-state index in [1.54, 1.807) is 0 Å². The Morgan fingerprint density at radius 3 is 2.64 bits per heavy atom. The van der Waals surface area contributed by atoms with Crippen LogP contribution in [0.4, 0.5) is 0 Å². The molecule has 0 radical (unpaired) electrons. The number of hydrogen-bond acceptors (Lipinski definition) is 3. The number of likely N-dealkylation sites (tertiary alicyclic amines) is 1. The van der Waals surface area contributed by atoms with Crippen LogP contribution in [-0.2, 0) is 9.59 Å². The molecular weight excluding hydrogens is 302 g/mol. The lowest BCUT2D eigenvalue weighted by atomic mass is 9.85. The van der Waals surface area contributed by atoms with Crippen molar-refractivity contribution in [2.45, 2.75) is 76.5 Å². The molecule has 1 saturated carbocycles. The Balaban J connectivity index is 0.00000176. The molecule has 2 amide bonds. The second-order valence-electron chi connectivity index (χ2n) is 7.08. The predicted octanol–water partition coefficient (Wildman–Crippen LogP) is 1.45. The van der Waals surface area contributed by atoms with Gasteiger partial charge in [0.15, 0.2) is 0 Å². The second-order valence-corrected chi connectivity index (χ2v) is 7.08. The van der Waals surface area contributed by atoms with Gasteiger partial charge in [0.25, 0.3) is 0 Å². The molecule has 3 rings (SSSR count). The van der Waals surface area contributed by atoms with Crippen LogP contribution in [0.1, 0.15) is 52.4 Å². The molecule has 2 aliphatic heterocycles. The van der Waals surface area contributed by atoms with Crippen LogP contribution in [0.2, 0.25) is 0 Å². The average molecular weight is 330 g/mol. The number of rotatable bonds is 3. The molecular formula is C16H28ClN3O2. The van der Waals surface area contributed by atoms with Gasteiger partial charge in [-0.2, -0.15) is 0 Å². The quantitative estimate of drug-likeness (QED) is 0.824. The molecule has 0 spiro atoms. The van der Waals surface area contributed by atoms with Crippen LogP contribution in [0.3, 0.4) is 0 Å². The molecule has 0 aromatic carbocycles. The minimum Gasteiger partial charge on any atom is -0.343 e. The molecule has 0 aromatic rings. The maximum absolute atomic E-state index is 12.4. The zero-order valence-corrected chi connectivity index (χ0v) is 14.3. The third kappa shape index (κ3) is 3.40. The van der Waals surface area contributed by atoms with Crippen molar-refractivity contribution in [3.05, 3.63) is 0 Å². The summed E-state index contributed by atoms with van der Waals surface area (Å²) in [5.41, 5.74) is 0. The highest BCUT2D eigenvalue weighted by atomic mass is 35.5. The fraction of sp³-hybridized carbons (Fsp3) is 0.875. The fourth-order valence-corrected chi connectivity index (χ4v) is 4.14. The van der Waals surface area contributed by atoms with Gasteiger partial charge in [0, 0.05) is 18.6 Å². The van der Waals surface area contributed by atoms with Crippen LogP contribution in [-0.4, -0.2) is 47.4 Å². The van der Waals surface area contributed by atoms with E-state index in [-0.39, 0.29) is 42.3 Å². The molecule has 6 heteroatoms. The third-order valence-electron chi connectivity index (χ3n) is 5.36. The largest absolute Gasteiger partial charge is 0.343 e. The van der Waals surface area contributed by atoms with Crippen LogP contribution in [0.25, 0.3) is 0 Å². The van der Waals surface area contributed by atoms with Gasteiger partial charge >= 0.3 is 0 Å². The van der Waals surface area contributed by atoms with Crippen molar-refractivity contribution < 1.29 is 9.59 Å². The van der Waals surface area contributed by atoms with Crippen molar-refractivity contribution in [1.29, 1.82) is 0 Å². The normalized spacial score (nSPS) is 34.5. The number of carbonyl (C=O) groups excluding carboxylic acids is 2. The highest BCUT2D eigenvalue weighted by molar-refractivity contribution is 5.91. The predicted molar refractivity (Wildman–Crippen MR) is 87.9 cm³/mol. The maximum Gasteiger partial charge on any atom is 0.245 e. The highest BCUT2D eigenvalue weighted by Crippen LogP contribution is 2.33. The lowest BCUT2D eigenvalue weighted by Crippen LogP contribution is -2.49. The smallest absolute Gasteiger partial charge is 0.245 e. The Morgan fingerprint density at radius 2 is 2.00 bits per heavy atom. The van der Waals surface area contributed by atoms with Crippen molar-refractivity contribution in [3.63, 3.8) is 0 Å². The fourth-order valence-electron chi connectivity index (χ4n) is 4.14. The van der Waals surface area contributed by atoms with Gasteiger partial charge in [0.05, 0.1) is 6.04 Å². The maximum atomic E-state index is 12.4. The third-order valence-corrected chi connectivity index (χ3v) is 5.36. The Kier molecular flexibility index (Phi) is 5.72. The number of carbonyl (C=O) groups is 2. The minimum absolute atomic E-state index is 0. The molecule has 2 saturated heterocycles. The molecule has 1 aliphatic carbocycles. The number of nitrogens with one attached hydrogen (secondary N) is 2. The van der Waals surface area contributed by atoms with Gasteiger partial charge in [-0.1, -0.05) is 12.8 Å². The van der Waals surface area contributed by atoms with Gasteiger partial charge < -0.3 is 15.5 Å². The monoisotopic (exact) mass is 329 g/mol. The molecule has 4 atom stereocenters. The van der Waals surface area contributed by atoms with E-state index in [0.29, 0.717) is 12.0 Å². The summed E-state index contributed by atoms with van der Waals surface area (Å²) in [5, 5.41) is 6.45. The minimum atomic E-state index is -0.315. The first-order valence-corrected chi connectivity index (χ1v) is 8.43. The van der Waals surface area contributed by atoms with Crippen molar-refractivity contribution >= 4 is 24.2 Å². The molecule has 5 nitrogen and oxygen atoms in total. The topological polar surface area (TPSA) is 61.4 Å². The van der Waals surface area contributed by atoms with Crippen LogP contribution in [0.15, 0.2) is 0 Å². The zero-order valence-electron chi connectivity index (χ0n) is 13.5. The summed E-state index contributed by atoms with van der Waals surface area (Å²) in [4.78, 5) is 26.5. The molecule has 3 aliphatic rings. The van der Waals surface area contributed by atoms with Crippen LogP contribution in [0.5, 0.6) is 0 Å². The van der Waals surface area contributed by atoms with Crippen LogP contribution < -0.4 is 10.6 Å². The molecule has 2 heterocycles. The number of amides is 2. The number of nitrogens with zero attached hydrogens (tertiary/aromatic N) is 1. The highest BCUT2D eigenvalue weighted by Gasteiger charge is 2.40. The first kappa shape index (κ1) is 17.5. The lowest BCUT2D eigenvalue weighted by Gasteiger charge is -2.24. The molecule has 0 aromatic heterocycles. The number of halogens is 1. The van der Waals surface area contributed by atoms with E-state index >= 15 is 0 Å². The van der Waals surface area contributed by atoms with Crippen LogP contribution in [0, 0.1) is 5.92 Å². The van der Waals surface area contributed by atoms with Crippen molar-refractivity contribution in [2.75, 3.05) is 6.54 Å². The molecule has 2 N–H and O–H groups in total. The summed E-state index contributed by atoms with van der Waals surface area (Å²) < 4.78 is 0. The van der Waals surface area contributed by atoms with E-state index in [1.807, 2.05) is 18.7 Å². The lowest BCUT2D eigenvalue weighted by molar-refractivity contribution is -0.134. The first-order valence-electron chi connectivity index (χ1n) is 8.43. The first-order chi connectivity index (χ1) is 10.1. The van der Waals surface area contributed by atoms with Crippen molar-refractivity contribution in [2.24, 2.45) is 5.92 Å². The summed E-state index contributed by atoms with van der Waals surface area (Å²) in [5.74, 6) is 0.753. The SMILES string of the molecule is CC(C)N1CCC(NC(=O)C2CC3CCCCC3N2)C1=O.Cl. The Bertz CT molecular complexity index is 416. The summed E-state index contributed by atoms with van der Waals surface area (Å²) in [7, 11) is 0. The molecule has 22 heavy (non-hydrogen) atoms. The summed E-state index contributed by atoms with van der Waals surface area (Å²) in [6.45, 7) is 4.79.